The number of esters is 1. The van der Waals surface area contributed by atoms with E-state index in [1.54, 1.807) is 6.92 Å². The van der Waals surface area contributed by atoms with Gasteiger partial charge >= 0.3 is 5.97 Å². The molecule has 1 aromatic rings. The van der Waals surface area contributed by atoms with Crippen LogP contribution in [0.3, 0.4) is 0 Å². The lowest BCUT2D eigenvalue weighted by Crippen LogP contribution is -2.25. The Morgan fingerprint density at radius 2 is 1.88 bits per heavy atom. The SMILES string of the molecule is CC(C(=O)OCc1ccccc1)C(Br)(Br)Br. The molecule has 1 atom stereocenters. The molecule has 2 nitrogen and oxygen atoms in total. The van der Waals surface area contributed by atoms with Crippen molar-refractivity contribution in [2.75, 3.05) is 0 Å². The van der Waals surface area contributed by atoms with Crippen molar-refractivity contribution in [3.63, 3.8) is 0 Å². The lowest BCUT2D eigenvalue weighted by molar-refractivity contribution is -0.148. The van der Waals surface area contributed by atoms with Crippen LogP contribution in [0, 0.1) is 5.92 Å². The van der Waals surface area contributed by atoms with Gasteiger partial charge in [-0.25, -0.2) is 0 Å². The lowest BCUT2D eigenvalue weighted by Gasteiger charge is -2.19. The highest BCUT2D eigenvalue weighted by Crippen LogP contribution is 2.41. The number of hydrogen-bond donors (Lipinski definition) is 0. The third kappa shape index (κ3) is 4.55. The predicted molar refractivity (Wildman–Crippen MR) is 74.9 cm³/mol. The number of carbonyl (C=O) groups excluding carboxylic acids is 1. The van der Waals surface area contributed by atoms with Gasteiger partial charge < -0.3 is 4.74 Å². The number of benzene rings is 1. The van der Waals surface area contributed by atoms with Crippen molar-refractivity contribution < 1.29 is 9.53 Å². The van der Waals surface area contributed by atoms with Gasteiger partial charge in [0.15, 0.2) is 0 Å². The smallest absolute Gasteiger partial charge is 0.312 e. The molecule has 0 spiro atoms. The van der Waals surface area contributed by atoms with Crippen molar-refractivity contribution >= 4 is 53.8 Å². The van der Waals surface area contributed by atoms with Crippen molar-refractivity contribution in [1.82, 2.24) is 0 Å². The Morgan fingerprint density at radius 3 is 2.38 bits per heavy atom. The van der Waals surface area contributed by atoms with Crippen LogP contribution in [0.4, 0.5) is 0 Å². The third-order valence-corrected chi connectivity index (χ3v) is 4.13. The van der Waals surface area contributed by atoms with E-state index >= 15 is 0 Å². The van der Waals surface area contributed by atoms with Crippen molar-refractivity contribution in [1.29, 1.82) is 0 Å². The van der Waals surface area contributed by atoms with Gasteiger partial charge in [-0.15, -0.1) is 0 Å². The van der Waals surface area contributed by atoms with Crippen LogP contribution in [0.15, 0.2) is 30.3 Å². The van der Waals surface area contributed by atoms with E-state index < -0.39 is 2.14 Å². The summed E-state index contributed by atoms with van der Waals surface area (Å²) in [6, 6.07) is 9.59. The van der Waals surface area contributed by atoms with Gasteiger partial charge in [-0.2, -0.15) is 0 Å². The van der Waals surface area contributed by atoms with Gasteiger partial charge in [0.25, 0.3) is 0 Å². The highest BCUT2D eigenvalue weighted by Gasteiger charge is 2.33. The molecule has 1 rings (SSSR count). The minimum Gasteiger partial charge on any atom is -0.461 e. The second-order valence-corrected chi connectivity index (χ2v) is 10.3. The maximum atomic E-state index is 11.7. The molecule has 0 saturated carbocycles. The van der Waals surface area contributed by atoms with Gasteiger partial charge in [0.05, 0.1) is 5.92 Å². The first kappa shape index (κ1) is 14.2. The molecular weight excluding hydrogens is 404 g/mol. The van der Waals surface area contributed by atoms with E-state index in [-0.39, 0.29) is 11.9 Å². The molecule has 1 aromatic carbocycles. The minimum absolute atomic E-state index is 0.269. The van der Waals surface area contributed by atoms with E-state index in [1.165, 1.54) is 0 Å². The van der Waals surface area contributed by atoms with Gasteiger partial charge in [0.2, 0.25) is 0 Å². The van der Waals surface area contributed by atoms with E-state index in [9.17, 15) is 4.79 Å². The topological polar surface area (TPSA) is 26.3 Å². The highest BCUT2D eigenvalue weighted by molar-refractivity contribution is 9.39. The molecule has 5 heteroatoms. The fraction of sp³-hybridized carbons (Fsp3) is 0.364. The van der Waals surface area contributed by atoms with E-state index in [4.69, 9.17) is 4.74 Å². The van der Waals surface area contributed by atoms with Gasteiger partial charge in [-0.05, 0) is 12.5 Å². The monoisotopic (exact) mass is 412 g/mol. The zero-order valence-corrected chi connectivity index (χ0v) is 13.4. The van der Waals surface area contributed by atoms with Crippen LogP contribution < -0.4 is 0 Å². The summed E-state index contributed by atoms with van der Waals surface area (Å²) >= 11 is 9.91. The van der Waals surface area contributed by atoms with Crippen molar-refractivity contribution in [2.24, 2.45) is 5.92 Å². The number of rotatable bonds is 3. The number of ether oxygens (including phenoxy) is 1. The van der Waals surface area contributed by atoms with Crippen LogP contribution >= 0.6 is 47.8 Å². The first-order valence-electron chi connectivity index (χ1n) is 4.68. The van der Waals surface area contributed by atoms with Crippen LogP contribution in [-0.4, -0.2) is 8.11 Å². The zero-order valence-electron chi connectivity index (χ0n) is 8.62. The quantitative estimate of drug-likeness (QED) is 0.547. The zero-order chi connectivity index (χ0) is 12.2. The summed E-state index contributed by atoms with van der Waals surface area (Å²) in [6.07, 6.45) is 0. The van der Waals surface area contributed by atoms with Crippen LogP contribution in [-0.2, 0) is 16.1 Å². The lowest BCUT2D eigenvalue weighted by atomic mass is 10.2. The molecule has 0 aliphatic carbocycles. The van der Waals surface area contributed by atoms with Gasteiger partial charge in [-0.1, -0.05) is 78.1 Å². The molecule has 0 saturated heterocycles. The molecule has 0 fully saturated rings. The molecular formula is C11H11Br3O2. The van der Waals surface area contributed by atoms with E-state index in [0.29, 0.717) is 6.61 Å². The maximum Gasteiger partial charge on any atom is 0.312 e. The van der Waals surface area contributed by atoms with Crippen molar-refractivity contribution in [2.45, 2.75) is 15.7 Å². The molecule has 0 N–H and O–H groups in total. The minimum atomic E-state index is -0.610. The normalized spacial score (nSPS) is 13.2. The molecule has 1 unspecified atom stereocenters. The number of halogens is 3. The van der Waals surface area contributed by atoms with E-state index in [1.807, 2.05) is 30.3 Å². The van der Waals surface area contributed by atoms with E-state index in [0.717, 1.165) is 5.56 Å². The Kier molecular flexibility index (Phi) is 5.47. The summed E-state index contributed by atoms with van der Waals surface area (Å²) in [5.41, 5.74) is 0.979. The summed E-state index contributed by atoms with van der Waals surface area (Å²) in [7, 11) is 0. The highest BCUT2D eigenvalue weighted by atomic mass is 80.0. The summed E-state index contributed by atoms with van der Waals surface area (Å²) in [5, 5.41) is 0. The van der Waals surface area contributed by atoms with Crippen molar-refractivity contribution in [3.05, 3.63) is 35.9 Å². The van der Waals surface area contributed by atoms with Crippen molar-refractivity contribution in [3.8, 4) is 0 Å². The Balaban J connectivity index is 2.48. The summed E-state index contributed by atoms with van der Waals surface area (Å²) in [4.78, 5) is 11.7. The Bertz CT molecular complexity index is 346. The second-order valence-electron chi connectivity index (χ2n) is 3.36. The summed E-state index contributed by atoms with van der Waals surface area (Å²) in [5.74, 6) is -0.606. The average molecular weight is 415 g/mol. The standard InChI is InChI=1S/C11H11Br3O2/c1-8(11(12,13)14)10(15)16-7-9-5-3-2-4-6-9/h2-6,8H,7H2,1H3. The number of hydrogen-bond acceptors (Lipinski definition) is 2. The molecule has 0 aromatic heterocycles. The first-order chi connectivity index (χ1) is 7.41. The van der Waals surface area contributed by atoms with E-state index in [2.05, 4.69) is 47.8 Å². The molecule has 0 heterocycles. The largest absolute Gasteiger partial charge is 0.461 e. The predicted octanol–water partition coefficient (Wildman–Crippen LogP) is 4.20. The molecule has 16 heavy (non-hydrogen) atoms. The van der Waals surface area contributed by atoms with Crippen LogP contribution in [0.2, 0.25) is 0 Å². The molecule has 0 bridgehead atoms. The molecule has 88 valence electrons. The fourth-order valence-corrected chi connectivity index (χ4v) is 1.55. The van der Waals surface area contributed by atoms with Gasteiger partial charge in [0, 0.05) is 0 Å². The fourth-order valence-electron chi connectivity index (χ4n) is 0.987. The summed E-state index contributed by atoms with van der Waals surface area (Å²) < 4.78 is 4.58. The van der Waals surface area contributed by atoms with Crippen LogP contribution in [0.1, 0.15) is 12.5 Å². The molecule has 0 aliphatic rings. The Labute approximate surface area is 120 Å². The van der Waals surface area contributed by atoms with Gasteiger partial charge in [0.1, 0.15) is 8.75 Å². The van der Waals surface area contributed by atoms with Crippen LogP contribution in [0.25, 0.3) is 0 Å². The third-order valence-electron chi connectivity index (χ3n) is 2.07. The average Bonchev–Trinajstić information content (AvgIpc) is 2.25. The molecule has 0 amide bonds. The van der Waals surface area contributed by atoms with Crippen LogP contribution in [0.5, 0.6) is 0 Å². The number of alkyl halides is 3. The second kappa shape index (κ2) is 6.17. The molecule has 0 radical (unpaired) electrons. The molecule has 0 aliphatic heterocycles. The maximum absolute atomic E-state index is 11.7. The first-order valence-corrected chi connectivity index (χ1v) is 7.06. The Morgan fingerprint density at radius 1 is 1.31 bits per heavy atom. The van der Waals surface area contributed by atoms with Gasteiger partial charge in [-0.3, -0.25) is 4.79 Å². The Hall–Kier alpha value is 0.130. The summed E-state index contributed by atoms with van der Waals surface area (Å²) in [6.45, 7) is 2.07. The number of carbonyl (C=O) groups is 1.